The Balaban J connectivity index is 1.91. The maximum absolute atomic E-state index is 12.1. The lowest BCUT2D eigenvalue weighted by Gasteiger charge is -2.12. The second-order valence-electron chi connectivity index (χ2n) is 5.94. The molecule has 0 saturated carbocycles. The summed E-state index contributed by atoms with van der Waals surface area (Å²) >= 11 is 0. The van der Waals surface area contributed by atoms with Crippen molar-refractivity contribution < 1.29 is 23.7 Å². The fraction of sp³-hybridized carbons (Fsp3) is 0.381. The molecule has 0 aliphatic carbocycles. The Labute approximate surface area is 154 Å². The highest BCUT2D eigenvalue weighted by Crippen LogP contribution is 2.22. The molecule has 0 unspecified atom stereocenters. The Hall–Kier alpha value is -2.37. The highest BCUT2D eigenvalue weighted by Gasteiger charge is 2.12. The van der Waals surface area contributed by atoms with Gasteiger partial charge in [0, 0.05) is 6.61 Å². The van der Waals surface area contributed by atoms with Crippen LogP contribution in [0.25, 0.3) is 0 Å². The minimum absolute atomic E-state index is 0.452. The van der Waals surface area contributed by atoms with E-state index in [0.717, 1.165) is 16.7 Å². The first kappa shape index (κ1) is 19.9. The summed E-state index contributed by atoms with van der Waals surface area (Å²) in [4.78, 5) is 12.1. The van der Waals surface area contributed by atoms with E-state index in [9.17, 15) is 4.79 Å². The SMILES string of the molecule is CCOCCOCCc1cc(C)ccc1OC(=O)Oc1ccc(C)cc1. The monoisotopic (exact) mass is 358 g/mol. The molecule has 0 aromatic heterocycles. The zero-order valence-corrected chi connectivity index (χ0v) is 15.6. The van der Waals surface area contributed by atoms with Crippen LogP contribution in [-0.2, 0) is 15.9 Å². The number of rotatable bonds is 9. The molecule has 0 N–H and O–H groups in total. The van der Waals surface area contributed by atoms with E-state index in [0.29, 0.717) is 44.3 Å². The summed E-state index contributed by atoms with van der Waals surface area (Å²) < 4.78 is 21.4. The fourth-order valence-corrected chi connectivity index (χ4v) is 2.36. The highest BCUT2D eigenvalue weighted by atomic mass is 16.7. The first-order chi connectivity index (χ1) is 12.6. The quantitative estimate of drug-likeness (QED) is 0.376. The number of carbonyl (C=O) groups is 1. The second kappa shape index (κ2) is 10.6. The van der Waals surface area contributed by atoms with Gasteiger partial charge in [-0.1, -0.05) is 35.4 Å². The zero-order chi connectivity index (χ0) is 18.8. The van der Waals surface area contributed by atoms with Gasteiger partial charge < -0.3 is 18.9 Å². The third-order valence-electron chi connectivity index (χ3n) is 3.72. The maximum atomic E-state index is 12.1. The van der Waals surface area contributed by atoms with Crippen molar-refractivity contribution in [1.29, 1.82) is 0 Å². The predicted molar refractivity (Wildman–Crippen MR) is 100 cm³/mol. The molecule has 5 nitrogen and oxygen atoms in total. The largest absolute Gasteiger partial charge is 0.519 e. The van der Waals surface area contributed by atoms with Crippen LogP contribution in [0.3, 0.4) is 0 Å². The van der Waals surface area contributed by atoms with Gasteiger partial charge in [-0.25, -0.2) is 4.79 Å². The van der Waals surface area contributed by atoms with Gasteiger partial charge in [-0.3, -0.25) is 0 Å². The molecule has 2 rings (SSSR count). The molecule has 0 saturated heterocycles. The van der Waals surface area contributed by atoms with E-state index in [1.807, 2.05) is 45.0 Å². The Morgan fingerprint density at radius 3 is 2.27 bits per heavy atom. The number of hydrogen-bond donors (Lipinski definition) is 0. The third kappa shape index (κ3) is 6.86. The van der Waals surface area contributed by atoms with Gasteiger partial charge in [-0.15, -0.1) is 0 Å². The van der Waals surface area contributed by atoms with Crippen molar-refractivity contribution in [3.8, 4) is 11.5 Å². The summed E-state index contributed by atoms with van der Waals surface area (Å²) in [6.45, 7) is 8.25. The molecule has 0 heterocycles. The molecule has 0 radical (unpaired) electrons. The molecule has 0 amide bonds. The van der Waals surface area contributed by atoms with Crippen molar-refractivity contribution in [3.05, 3.63) is 59.2 Å². The van der Waals surface area contributed by atoms with Gasteiger partial charge in [0.05, 0.1) is 19.8 Å². The predicted octanol–water partition coefficient (Wildman–Crippen LogP) is 4.48. The minimum Gasteiger partial charge on any atom is -0.395 e. The molecule has 26 heavy (non-hydrogen) atoms. The van der Waals surface area contributed by atoms with Crippen molar-refractivity contribution in [3.63, 3.8) is 0 Å². The Bertz CT molecular complexity index is 694. The molecule has 5 heteroatoms. The number of carbonyl (C=O) groups excluding carboxylic acids is 1. The number of aryl methyl sites for hydroxylation is 2. The summed E-state index contributed by atoms with van der Waals surface area (Å²) in [5.41, 5.74) is 3.09. The van der Waals surface area contributed by atoms with Crippen LogP contribution in [0.5, 0.6) is 11.5 Å². The fourth-order valence-electron chi connectivity index (χ4n) is 2.36. The van der Waals surface area contributed by atoms with E-state index in [-0.39, 0.29) is 0 Å². The molecule has 0 spiro atoms. The molecule has 140 valence electrons. The van der Waals surface area contributed by atoms with Crippen LogP contribution in [0.2, 0.25) is 0 Å². The van der Waals surface area contributed by atoms with E-state index < -0.39 is 6.16 Å². The van der Waals surface area contributed by atoms with Crippen molar-refractivity contribution in [1.82, 2.24) is 0 Å². The Kier molecular flexibility index (Phi) is 8.12. The minimum atomic E-state index is -0.753. The lowest BCUT2D eigenvalue weighted by atomic mass is 10.1. The number of benzene rings is 2. The van der Waals surface area contributed by atoms with E-state index in [1.54, 1.807) is 18.2 Å². The second-order valence-corrected chi connectivity index (χ2v) is 5.94. The van der Waals surface area contributed by atoms with Crippen molar-refractivity contribution in [2.45, 2.75) is 27.2 Å². The van der Waals surface area contributed by atoms with Gasteiger partial charge >= 0.3 is 6.16 Å². The Morgan fingerprint density at radius 2 is 1.54 bits per heavy atom. The zero-order valence-electron chi connectivity index (χ0n) is 15.6. The van der Waals surface area contributed by atoms with Crippen molar-refractivity contribution in [2.75, 3.05) is 26.4 Å². The summed E-state index contributed by atoms with van der Waals surface area (Å²) in [5.74, 6) is 0.939. The van der Waals surface area contributed by atoms with Crippen LogP contribution < -0.4 is 9.47 Å². The van der Waals surface area contributed by atoms with E-state index in [2.05, 4.69) is 0 Å². The summed E-state index contributed by atoms with van der Waals surface area (Å²) in [5, 5.41) is 0. The molecule has 0 aliphatic rings. The van der Waals surface area contributed by atoms with Crippen molar-refractivity contribution in [2.24, 2.45) is 0 Å². The summed E-state index contributed by atoms with van der Waals surface area (Å²) in [7, 11) is 0. The molecule has 0 fully saturated rings. The third-order valence-corrected chi connectivity index (χ3v) is 3.72. The molecule has 2 aromatic rings. The normalized spacial score (nSPS) is 10.6. The van der Waals surface area contributed by atoms with Crippen LogP contribution in [0.15, 0.2) is 42.5 Å². The molecule has 0 aliphatic heterocycles. The van der Waals surface area contributed by atoms with Gasteiger partial charge in [0.2, 0.25) is 0 Å². The Morgan fingerprint density at radius 1 is 0.846 bits per heavy atom. The molecule has 0 bridgehead atoms. The lowest BCUT2D eigenvalue weighted by Crippen LogP contribution is -2.15. The van der Waals surface area contributed by atoms with Crippen LogP contribution in [-0.4, -0.2) is 32.6 Å². The lowest BCUT2D eigenvalue weighted by molar-refractivity contribution is 0.0539. The molecule has 2 aromatic carbocycles. The number of ether oxygens (including phenoxy) is 4. The first-order valence-electron chi connectivity index (χ1n) is 8.80. The average molecular weight is 358 g/mol. The van der Waals surface area contributed by atoms with E-state index >= 15 is 0 Å². The average Bonchev–Trinajstić information content (AvgIpc) is 2.62. The molecular formula is C21H26O5. The van der Waals surface area contributed by atoms with Gasteiger partial charge in [-0.05, 0) is 51.0 Å². The number of hydrogen-bond acceptors (Lipinski definition) is 5. The van der Waals surface area contributed by atoms with E-state index in [1.165, 1.54) is 0 Å². The van der Waals surface area contributed by atoms with Crippen LogP contribution in [0, 0.1) is 13.8 Å². The first-order valence-corrected chi connectivity index (χ1v) is 8.80. The van der Waals surface area contributed by atoms with Crippen LogP contribution in [0.4, 0.5) is 4.79 Å². The van der Waals surface area contributed by atoms with Gasteiger partial charge in [-0.2, -0.15) is 0 Å². The van der Waals surface area contributed by atoms with Crippen LogP contribution >= 0.6 is 0 Å². The molecule has 0 atom stereocenters. The van der Waals surface area contributed by atoms with Gasteiger partial charge in [0.15, 0.2) is 0 Å². The highest BCUT2D eigenvalue weighted by molar-refractivity contribution is 5.67. The van der Waals surface area contributed by atoms with Gasteiger partial charge in [0.1, 0.15) is 11.5 Å². The smallest absolute Gasteiger partial charge is 0.395 e. The van der Waals surface area contributed by atoms with Gasteiger partial charge in [0.25, 0.3) is 0 Å². The standard InChI is InChI=1S/C21H26O5/c1-4-23-13-14-24-12-11-18-15-17(3)7-10-20(18)26-21(22)25-19-8-5-16(2)6-9-19/h5-10,15H,4,11-14H2,1-3H3. The summed E-state index contributed by atoms with van der Waals surface area (Å²) in [6, 6.07) is 12.9. The topological polar surface area (TPSA) is 54.0 Å². The van der Waals surface area contributed by atoms with E-state index in [4.69, 9.17) is 18.9 Å². The molecular weight excluding hydrogens is 332 g/mol. The van der Waals surface area contributed by atoms with Crippen LogP contribution in [0.1, 0.15) is 23.6 Å². The maximum Gasteiger partial charge on any atom is 0.519 e. The summed E-state index contributed by atoms with van der Waals surface area (Å²) in [6.07, 6.45) is -0.114. The van der Waals surface area contributed by atoms with Crippen molar-refractivity contribution >= 4 is 6.16 Å².